The predicted molar refractivity (Wildman–Crippen MR) is 124 cm³/mol. The van der Waals surface area contributed by atoms with E-state index in [-0.39, 0.29) is 30.0 Å². The second-order valence-electron chi connectivity index (χ2n) is 9.23. The highest BCUT2D eigenvalue weighted by Gasteiger charge is 2.38. The molecule has 0 unspecified atom stereocenters. The molecule has 34 heavy (non-hydrogen) atoms. The highest BCUT2D eigenvalue weighted by atomic mass is 19.1. The van der Waals surface area contributed by atoms with Gasteiger partial charge < -0.3 is 14.3 Å². The van der Waals surface area contributed by atoms with E-state index in [1.165, 1.54) is 12.1 Å². The number of halogens is 1. The van der Waals surface area contributed by atoms with Crippen LogP contribution in [0.3, 0.4) is 0 Å². The van der Waals surface area contributed by atoms with Gasteiger partial charge in [0.15, 0.2) is 0 Å². The first kappa shape index (κ1) is 22.3. The first-order chi connectivity index (χ1) is 16.5. The molecule has 2 amide bonds. The Morgan fingerprint density at radius 2 is 1.79 bits per heavy atom. The number of amides is 2. The Hall–Kier alpha value is -3.55. The zero-order chi connectivity index (χ0) is 23.7. The van der Waals surface area contributed by atoms with Gasteiger partial charge in [0.1, 0.15) is 5.82 Å². The Balaban J connectivity index is 1.13. The van der Waals surface area contributed by atoms with Crippen molar-refractivity contribution in [3.05, 3.63) is 65.8 Å². The minimum absolute atomic E-state index is 0.00504. The zero-order valence-corrected chi connectivity index (χ0v) is 19.1. The normalized spacial score (nSPS) is 19.1. The van der Waals surface area contributed by atoms with Crippen LogP contribution in [0.25, 0.3) is 11.4 Å². The molecule has 8 heteroatoms. The van der Waals surface area contributed by atoms with Gasteiger partial charge in [0.05, 0.1) is 5.92 Å². The van der Waals surface area contributed by atoms with Crippen molar-refractivity contribution in [1.82, 2.24) is 15.0 Å². The number of carbonyl (C=O) groups excluding carboxylic acids is 2. The summed E-state index contributed by atoms with van der Waals surface area (Å²) >= 11 is 0. The summed E-state index contributed by atoms with van der Waals surface area (Å²) in [6.45, 7) is 3.78. The molecule has 0 radical (unpaired) electrons. The van der Waals surface area contributed by atoms with Crippen LogP contribution in [-0.4, -0.2) is 46.5 Å². The van der Waals surface area contributed by atoms with Gasteiger partial charge in [-0.3, -0.25) is 9.59 Å². The summed E-state index contributed by atoms with van der Waals surface area (Å²) in [6, 6.07) is 13.8. The number of aryl methyl sites for hydroxylation is 1. The average Bonchev–Trinajstić information content (AvgIpc) is 3.47. The van der Waals surface area contributed by atoms with Crippen molar-refractivity contribution in [2.75, 3.05) is 24.5 Å². The smallest absolute Gasteiger partial charge is 0.228 e. The van der Waals surface area contributed by atoms with E-state index in [0.717, 1.165) is 24.1 Å². The second-order valence-corrected chi connectivity index (χ2v) is 9.23. The van der Waals surface area contributed by atoms with Crippen LogP contribution in [0.1, 0.15) is 30.7 Å². The lowest BCUT2D eigenvalue weighted by atomic mass is 9.92. The van der Waals surface area contributed by atoms with Gasteiger partial charge in [-0.05, 0) is 62.1 Å². The van der Waals surface area contributed by atoms with Gasteiger partial charge in [-0.2, -0.15) is 4.98 Å². The lowest BCUT2D eigenvalue weighted by Gasteiger charge is -2.33. The highest BCUT2D eigenvalue weighted by Crippen LogP contribution is 2.29. The molecule has 2 fully saturated rings. The third kappa shape index (κ3) is 4.71. The predicted octanol–water partition coefficient (Wildman–Crippen LogP) is 4.02. The molecule has 3 heterocycles. The van der Waals surface area contributed by atoms with Crippen molar-refractivity contribution >= 4 is 17.5 Å². The van der Waals surface area contributed by atoms with E-state index in [0.29, 0.717) is 49.3 Å². The van der Waals surface area contributed by atoms with Crippen molar-refractivity contribution < 1.29 is 18.5 Å². The van der Waals surface area contributed by atoms with Crippen LogP contribution in [0.5, 0.6) is 0 Å². The van der Waals surface area contributed by atoms with Gasteiger partial charge in [-0.15, -0.1) is 0 Å². The minimum Gasteiger partial charge on any atom is -0.342 e. The molecule has 0 N–H and O–H groups in total. The highest BCUT2D eigenvalue weighted by molar-refractivity contribution is 6.00. The molecular formula is C26H27FN4O3. The van der Waals surface area contributed by atoms with E-state index in [9.17, 15) is 14.0 Å². The Morgan fingerprint density at radius 3 is 2.50 bits per heavy atom. The van der Waals surface area contributed by atoms with E-state index >= 15 is 0 Å². The number of carbonyl (C=O) groups is 2. The molecule has 7 nitrogen and oxygen atoms in total. The van der Waals surface area contributed by atoms with E-state index in [1.54, 1.807) is 17.0 Å². The van der Waals surface area contributed by atoms with Crippen molar-refractivity contribution in [1.29, 1.82) is 0 Å². The average molecular weight is 463 g/mol. The summed E-state index contributed by atoms with van der Waals surface area (Å²) in [5.74, 6) is 0.826. The number of aromatic nitrogens is 2. The van der Waals surface area contributed by atoms with Crippen LogP contribution in [0.15, 0.2) is 53.1 Å². The van der Waals surface area contributed by atoms with Gasteiger partial charge in [-0.25, -0.2) is 4.39 Å². The number of rotatable bonds is 5. The lowest BCUT2D eigenvalue weighted by Crippen LogP contribution is -2.42. The van der Waals surface area contributed by atoms with Gasteiger partial charge in [-0.1, -0.05) is 22.9 Å². The molecule has 176 valence electrons. The molecule has 2 aliphatic rings. The first-order valence-electron chi connectivity index (χ1n) is 11.7. The summed E-state index contributed by atoms with van der Waals surface area (Å²) in [6.07, 6.45) is 2.62. The first-order valence-corrected chi connectivity index (χ1v) is 11.7. The summed E-state index contributed by atoms with van der Waals surface area (Å²) in [5.41, 5.74) is 2.70. The van der Waals surface area contributed by atoms with Crippen LogP contribution in [-0.2, 0) is 16.0 Å². The summed E-state index contributed by atoms with van der Waals surface area (Å²) in [7, 11) is 0. The minimum atomic E-state index is -0.307. The molecule has 1 atom stereocenters. The monoisotopic (exact) mass is 462 g/mol. The third-order valence-electron chi connectivity index (χ3n) is 6.78. The quantitative estimate of drug-likeness (QED) is 0.572. The summed E-state index contributed by atoms with van der Waals surface area (Å²) in [4.78, 5) is 33.7. The van der Waals surface area contributed by atoms with Gasteiger partial charge in [0.2, 0.25) is 23.5 Å². The van der Waals surface area contributed by atoms with Gasteiger partial charge in [0.25, 0.3) is 0 Å². The van der Waals surface area contributed by atoms with E-state index in [1.807, 2.05) is 36.1 Å². The number of anilines is 1. The van der Waals surface area contributed by atoms with Gasteiger partial charge in [0, 0.05) is 43.7 Å². The molecule has 0 bridgehead atoms. The van der Waals surface area contributed by atoms with Crippen LogP contribution in [0.2, 0.25) is 0 Å². The number of piperidine rings is 1. The molecule has 0 aliphatic carbocycles. The topological polar surface area (TPSA) is 79.5 Å². The molecule has 0 spiro atoms. The Morgan fingerprint density at radius 1 is 1.09 bits per heavy atom. The molecule has 2 saturated heterocycles. The number of likely N-dealkylation sites (tertiary alicyclic amines) is 1. The maximum absolute atomic E-state index is 13.1. The van der Waals surface area contributed by atoms with E-state index in [4.69, 9.17) is 4.52 Å². The number of benzene rings is 2. The lowest BCUT2D eigenvalue weighted by molar-refractivity contribution is -0.137. The SMILES string of the molecule is Cc1ccc(N2C[C@H](C(=O)N3CCC(Cc4nc(-c5ccc(F)cc5)no4)CC3)CC2=O)cc1. The van der Waals surface area contributed by atoms with Crippen molar-refractivity contribution in [2.24, 2.45) is 11.8 Å². The van der Waals surface area contributed by atoms with Crippen LogP contribution >= 0.6 is 0 Å². The molecule has 1 aromatic heterocycles. The number of hydrogen-bond acceptors (Lipinski definition) is 5. The fraction of sp³-hybridized carbons (Fsp3) is 0.385. The maximum Gasteiger partial charge on any atom is 0.228 e. The molecule has 0 saturated carbocycles. The van der Waals surface area contributed by atoms with Gasteiger partial charge >= 0.3 is 0 Å². The van der Waals surface area contributed by atoms with E-state index < -0.39 is 0 Å². The van der Waals surface area contributed by atoms with E-state index in [2.05, 4.69) is 10.1 Å². The standard InChI is InChI=1S/C26H27FN4O3/c1-17-2-8-22(9-3-17)31-16-20(15-24(31)32)26(33)30-12-10-18(11-13-30)14-23-28-25(29-34-23)19-4-6-21(27)7-5-19/h2-9,18,20H,10-16H2,1H3/t20-/m1/s1. The van der Waals surface area contributed by atoms with Crippen molar-refractivity contribution in [2.45, 2.75) is 32.6 Å². The largest absolute Gasteiger partial charge is 0.342 e. The summed E-state index contributed by atoms with van der Waals surface area (Å²) in [5, 5.41) is 4.01. The Kier molecular flexibility index (Phi) is 6.13. The van der Waals surface area contributed by atoms with Crippen LogP contribution in [0.4, 0.5) is 10.1 Å². The van der Waals surface area contributed by atoms with Crippen molar-refractivity contribution in [3.8, 4) is 11.4 Å². The zero-order valence-electron chi connectivity index (χ0n) is 19.1. The third-order valence-corrected chi connectivity index (χ3v) is 6.78. The van der Waals surface area contributed by atoms with Crippen LogP contribution < -0.4 is 4.90 Å². The Labute approximate surface area is 197 Å². The fourth-order valence-corrected chi connectivity index (χ4v) is 4.76. The summed E-state index contributed by atoms with van der Waals surface area (Å²) < 4.78 is 18.5. The van der Waals surface area contributed by atoms with Crippen molar-refractivity contribution in [3.63, 3.8) is 0 Å². The number of hydrogen-bond donors (Lipinski definition) is 0. The Bertz CT molecular complexity index is 1170. The maximum atomic E-state index is 13.1. The second kappa shape index (κ2) is 9.37. The number of nitrogens with zero attached hydrogens (tertiary/aromatic N) is 4. The molecule has 2 aromatic carbocycles. The molecule has 3 aromatic rings. The fourth-order valence-electron chi connectivity index (χ4n) is 4.76. The molecule has 2 aliphatic heterocycles. The molecule has 5 rings (SSSR count). The van der Waals surface area contributed by atoms with Crippen LogP contribution in [0, 0.1) is 24.6 Å². The molecular weight excluding hydrogens is 435 g/mol.